The van der Waals surface area contributed by atoms with E-state index in [2.05, 4.69) is 43.0 Å². The van der Waals surface area contributed by atoms with Crippen LogP contribution in [0.15, 0.2) is 12.2 Å². The van der Waals surface area contributed by atoms with Crippen LogP contribution in [0.5, 0.6) is 0 Å². The van der Waals surface area contributed by atoms with Crippen LogP contribution in [0.4, 0.5) is 0 Å². The topological polar surface area (TPSA) is 26.3 Å². The lowest BCUT2D eigenvalue weighted by atomic mass is 9.93. The minimum atomic E-state index is -0.432. The van der Waals surface area contributed by atoms with Crippen LogP contribution in [-0.4, -0.2) is 17.0 Å². The van der Waals surface area contributed by atoms with Crippen molar-refractivity contribution in [3.8, 4) is 0 Å². The highest BCUT2D eigenvalue weighted by Gasteiger charge is 2.23. The minimum Gasteiger partial charge on any atom is -0.461 e. The normalized spacial score (nSPS) is 15.2. The number of halogens is 1. The molecule has 0 fully saturated rings. The zero-order valence-electron chi connectivity index (χ0n) is 11.7. The molecule has 0 unspecified atom stereocenters. The van der Waals surface area contributed by atoms with Crippen LogP contribution in [0.3, 0.4) is 0 Å². The van der Waals surface area contributed by atoms with Crippen molar-refractivity contribution in [2.24, 2.45) is 17.3 Å². The fourth-order valence-corrected chi connectivity index (χ4v) is 1.71. The number of carbonyl (C=O) groups excluding carboxylic acids is 1. The molecule has 0 aromatic carbocycles. The molecule has 0 rings (SSSR count). The van der Waals surface area contributed by atoms with Crippen molar-refractivity contribution in [3.63, 3.8) is 0 Å². The molecule has 0 aromatic rings. The van der Waals surface area contributed by atoms with Crippen molar-refractivity contribution in [2.45, 2.75) is 41.0 Å². The molecule has 0 N–H and O–H groups in total. The van der Waals surface area contributed by atoms with Gasteiger partial charge in [0.1, 0.15) is 6.61 Å². The second kappa shape index (κ2) is 7.39. The highest BCUT2D eigenvalue weighted by atomic mass is 127. The number of alkyl halides is 1. The Morgan fingerprint density at radius 1 is 1.35 bits per heavy atom. The molecule has 0 aliphatic rings. The summed E-state index contributed by atoms with van der Waals surface area (Å²) in [6.07, 6.45) is 1.11. The van der Waals surface area contributed by atoms with Crippen LogP contribution in [0.25, 0.3) is 0 Å². The molecule has 0 saturated carbocycles. The summed E-state index contributed by atoms with van der Waals surface area (Å²) >= 11 is 2.40. The van der Waals surface area contributed by atoms with Crippen molar-refractivity contribution >= 4 is 28.6 Å². The first-order valence-electron chi connectivity index (χ1n) is 6.09. The van der Waals surface area contributed by atoms with Gasteiger partial charge in [0.15, 0.2) is 0 Å². The number of carbonyl (C=O) groups is 1. The molecule has 0 spiro atoms. The summed E-state index contributed by atoms with van der Waals surface area (Å²) in [6.45, 7) is 14.3. The Morgan fingerprint density at radius 3 is 2.29 bits per heavy atom. The van der Waals surface area contributed by atoms with Crippen LogP contribution >= 0.6 is 22.6 Å². The van der Waals surface area contributed by atoms with Crippen molar-refractivity contribution < 1.29 is 9.53 Å². The zero-order chi connectivity index (χ0) is 13.6. The monoisotopic (exact) mass is 352 g/mol. The second-order valence-corrected chi connectivity index (χ2v) is 6.76. The second-order valence-electron chi connectivity index (χ2n) is 5.88. The number of hydrogen-bond acceptors (Lipinski definition) is 2. The van der Waals surface area contributed by atoms with Crippen LogP contribution in [0.2, 0.25) is 0 Å². The highest BCUT2D eigenvalue weighted by Crippen LogP contribution is 2.21. The van der Waals surface area contributed by atoms with Crippen molar-refractivity contribution in [2.75, 3.05) is 11.0 Å². The van der Waals surface area contributed by atoms with Gasteiger partial charge in [-0.3, -0.25) is 4.79 Å². The van der Waals surface area contributed by atoms with E-state index >= 15 is 0 Å². The largest absolute Gasteiger partial charge is 0.461 e. The van der Waals surface area contributed by atoms with Gasteiger partial charge in [0.05, 0.1) is 5.41 Å². The maximum Gasteiger partial charge on any atom is 0.311 e. The number of rotatable bonds is 6. The van der Waals surface area contributed by atoms with Crippen molar-refractivity contribution in [1.29, 1.82) is 0 Å². The number of esters is 1. The summed E-state index contributed by atoms with van der Waals surface area (Å²) in [4.78, 5) is 11.6. The summed E-state index contributed by atoms with van der Waals surface area (Å²) in [5.41, 5.74) is 0.582. The standard InChI is InChI=1S/C14H25IO2/c1-10(8-15)7-11(2)12(3)9-17-13(16)14(4,5)6/h10-11H,3,7-9H2,1-2,4-6H3/t10-,11-/m0/s1. The lowest BCUT2D eigenvalue weighted by Gasteiger charge is -2.21. The van der Waals surface area contributed by atoms with Crippen molar-refractivity contribution in [1.82, 2.24) is 0 Å². The molecule has 0 heterocycles. The average Bonchev–Trinajstić information content (AvgIpc) is 2.23. The van der Waals surface area contributed by atoms with E-state index in [1.54, 1.807) is 0 Å². The molecule has 0 saturated heterocycles. The molecule has 0 aliphatic heterocycles. The SMILES string of the molecule is C=C(COC(=O)C(C)(C)C)[C@@H](C)C[C@H](C)CI. The minimum absolute atomic E-state index is 0.159. The molecular formula is C14H25IO2. The summed E-state index contributed by atoms with van der Waals surface area (Å²) in [5.74, 6) is 0.931. The van der Waals surface area contributed by atoms with Crippen LogP contribution in [0, 0.1) is 17.3 Å². The Hall–Kier alpha value is -0.0600. The molecule has 0 amide bonds. The van der Waals surface area contributed by atoms with E-state index in [0.29, 0.717) is 18.4 Å². The van der Waals surface area contributed by atoms with Crippen molar-refractivity contribution in [3.05, 3.63) is 12.2 Å². The first-order valence-corrected chi connectivity index (χ1v) is 7.61. The number of hydrogen-bond donors (Lipinski definition) is 0. The third-order valence-electron chi connectivity index (χ3n) is 2.72. The summed E-state index contributed by atoms with van der Waals surface area (Å²) in [7, 11) is 0. The predicted octanol–water partition coefficient (Wildman–Crippen LogP) is 4.23. The first-order chi connectivity index (χ1) is 7.68. The lowest BCUT2D eigenvalue weighted by Crippen LogP contribution is -2.24. The highest BCUT2D eigenvalue weighted by molar-refractivity contribution is 14.1. The van der Waals surface area contributed by atoms with E-state index in [9.17, 15) is 4.79 Å². The Bertz CT molecular complexity index is 266. The van der Waals surface area contributed by atoms with Gasteiger partial charge < -0.3 is 4.74 Å². The third kappa shape index (κ3) is 7.06. The third-order valence-corrected chi connectivity index (χ3v) is 4.22. The molecule has 2 atom stereocenters. The Morgan fingerprint density at radius 2 is 1.88 bits per heavy atom. The summed E-state index contributed by atoms with van der Waals surface area (Å²) in [6, 6.07) is 0. The Balaban J connectivity index is 4.06. The van der Waals surface area contributed by atoms with Gasteiger partial charge in [-0.1, -0.05) is 43.0 Å². The van der Waals surface area contributed by atoms with Crippen LogP contribution in [-0.2, 0) is 9.53 Å². The predicted molar refractivity (Wildman–Crippen MR) is 81.4 cm³/mol. The van der Waals surface area contributed by atoms with Crippen LogP contribution < -0.4 is 0 Å². The fraction of sp³-hybridized carbons (Fsp3) is 0.786. The van der Waals surface area contributed by atoms with E-state index in [-0.39, 0.29) is 5.97 Å². The molecule has 2 nitrogen and oxygen atoms in total. The molecule has 100 valence electrons. The summed E-state index contributed by atoms with van der Waals surface area (Å²) < 4.78 is 6.41. The quantitative estimate of drug-likeness (QED) is 0.310. The maximum absolute atomic E-state index is 11.6. The molecule has 0 aliphatic carbocycles. The van der Waals surface area contributed by atoms with Gasteiger partial charge in [-0.25, -0.2) is 0 Å². The van der Waals surface area contributed by atoms with Crippen LogP contribution in [0.1, 0.15) is 41.0 Å². The maximum atomic E-state index is 11.6. The van der Waals surface area contributed by atoms with Gasteiger partial charge in [0.2, 0.25) is 0 Å². The van der Waals surface area contributed by atoms with E-state index in [1.165, 1.54) is 0 Å². The lowest BCUT2D eigenvalue weighted by molar-refractivity contribution is -0.152. The van der Waals surface area contributed by atoms with E-state index in [0.717, 1.165) is 16.4 Å². The summed E-state index contributed by atoms with van der Waals surface area (Å²) in [5, 5.41) is 0. The van der Waals surface area contributed by atoms with Gasteiger partial charge in [0, 0.05) is 4.43 Å². The fourth-order valence-electron chi connectivity index (χ4n) is 1.35. The molecule has 17 heavy (non-hydrogen) atoms. The molecule has 0 radical (unpaired) electrons. The van der Waals surface area contributed by atoms with Gasteiger partial charge in [-0.2, -0.15) is 0 Å². The molecule has 0 aromatic heterocycles. The average molecular weight is 352 g/mol. The Kier molecular flexibility index (Phi) is 7.37. The Labute approximate surface area is 119 Å². The number of ether oxygens (including phenoxy) is 1. The van der Waals surface area contributed by atoms with Gasteiger partial charge in [-0.05, 0) is 44.6 Å². The van der Waals surface area contributed by atoms with Gasteiger partial charge in [0.25, 0.3) is 0 Å². The smallest absolute Gasteiger partial charge is 0.311 e. The zero-order valence-corrected chi connectivity index (χ0v) is 13.8. The van der Waals surface area contributed by atoms with E-state index < -0.39 is 5.41 Å². The first kappa shape index (κ1) is 16.9. The van der Waals surface area contributed by atoms with E-state index in [1.807, 2.05) is 20.8 Å². The van der Waals surface area contributed by atoms with E-state index in [4.69, 9.17) is 4.74 Å². The van der Waals surface area contributed by atoms with Gasteiger partial charge in [-0.15, -0.1) is 0 Å². The molecular weight excluding hydrogens is 327 g/mol. The van der Waals surface area contributed by atoms with Gasteiger partial charge >= 0.3 is 5.97 Å². The molecule has 3 heteroatoms. The molecule has 0 bridgehead atoms.